The molecule has 2 N–H and O–H groups in total. The molecule has 2 rings (SSSR count). The van der Waals surface area contributed by atoms with Crippen molar-refractivity contribution in [3.63, 3.8) is 0 Å². The first-order valence-electron chi connectivity index (χ1n) is 6.37. The summed E-state index contributed by atoms with van der Waals surface area (Å²) in [5.74, 6) is 0.160. The average molecular weight is 273 g/mol. The van der Waals surface area contributed by atoms with Crippen LogP contribution >= 0.6 is 0 Å². The molecule has 0 aliphatic heterocycles. The predicted molar refractivity (Wildman–Crippen MR) is 77.5 cm³/mol. The van der Waals surface area contributed by atoms with E-state index in [0.717, 1.165) is 12.4 Å². The van der Waals surface area contributed by atoms with E-state index in [2.05, 4.69) is 15.6 Å². The molecule has 20 heavy (non-hydrogen) atoms. The Kier molecular flexibility index (Phi) is 4.30. The second-order valence-electron chi connectivity index (χ2n) is 4.38. The Balaban J connectivity index is 2.09. The standard InChI is InChI=1S/C15H16FN3O/c1-3-17-14-7-4-11(9-18-14)15(20)19-12-5-6-13(16)10(2)8-12/h4-9H,3H2,1-2H3,(H,17,18)(H,19,20). The van der Waals surface area contributed by atoms with Gasteiger partial charge in [-0.15, -0.1) is 0 Å². The van der Waals surface area contributed by atoms with Crippen molar-refractivity contribution in [3.8, 4) is 0 Å². The molecule has 0 saturated heterocycles. The van der Waals surface area contributed by atoms with Crippen molar-refractivity contribution in [1.82, 2.24) is 4.98 Å². The number of nitrogens with zero attached hydrogens (tertiary/aromatic N) is 1. The SMILES string of the molecule is CCNc1ccc(C(=O)Nc2ccc(F)c(C)c2)cn1. The maximum absolute atomic E-state index is 13.1. The third-order valence-corrected chi connectivity index (χ3v) is 2.80. The van der Waals surface area contributed by atoms with Crippen LogP contribution in [-0.4, -0.2) is 17.4 Å². The minimum absolute atomic E-state index is 0.272. The molecule has 1 amide bonds. The van der Waals surface area contributed by atoms with Crippen molar-refractivity contribution in [2.45, 2.75) is 13.8 Å². The monoisotopic (exact) mass is 273 g/mol. The van der Waals surface area contributed by atoms with Crippen LogP contribution < -0.4 is 10.6 Å². The smallest absolute Gasteiger partial charge is 0.257 e. The number of benzene rings is 1. The van der Waals surface area contributed by atoms with E-state index in [1.54, 1.807) is 25.1 Å². The fourth-order valence-corrected chi connectivity index (χ4v) is 1.74. The summed E-state index contributed by atoms with van der Waals surface area (Å²) in [5, 5.41) is 5.76. The second kappa shape index (κ2) is 6.14. The van der Waals surface area contributed by atoms with Gasteiger partial charge in [-0.3, -0.25) is 4.79 Å². The van der Waals surface area contributed by atoms with Crippen molar-refractivity contribution >= 4 is 17.4 Å². The Labute approximate surface area is 117 Å². The maximum Gasteiger partial charge on any atom is 0.257 e. The Morgan fingerprint density at radius 2 is 2.10 bits per heavy atom. The summed E-state index contributed by atoms with van der Waals surface area (Å²) in [7, 11) is 0. The van der Waals surface area contributed by atoms with Crippen LogP contribution in [0.3, 0.4) is 0 Å². The van der Waals surface area contributed by atoms with E-state index in [9.17, 15) is 9.18 Å². The number of aryl methyl sites for hydroxylation is 1. The summed E-state index contributed by atoms with van der Waals surface area (Å²) in [5.41, 5.74) is 1.50. The third-order valence-electron chi connectivity index (χ3n) is 2.80. The first-order chi connectivity index (χ1) is 9.60. The minimum atomic E-state index is -0.292. The number of anilines is 2. The molecule has 0 atom stereocenters. The lowest BCUT2D eigenvalue weighted by Crippen LogP contribution is -2.12. The minimum Gasteiger partial charge on any atom is -0.370 e. The van der Waals surface area contributed by atoms with Crippen LogP contribution in [0, 0.1) is 12.7 Å². The topological polar surface area (TPSA) is 54.0 Å². The van der Waals surface area contributed by atoms with E-state index in [-0.39, 0.29) is 11.7 Å². The van der Waals surface area contributed by atoms with Gasteiger partial charge in [0.05, 0.1) is 5.56 Å². The van der Waals surface area contributed by atoms with Crippen LogP contribution in [0.1, 0.15) is 22.8 Å². The molecule has 0 aliphatic rings. The van der Waals surface area contributed by atoms with Gasteiger partial charge in [0, 0.05) is 18.4 Å². The fourth-order valence-electron chi connectivity index (χ4n) is 1.74. The van der Waals surface area contributed by atoms with Crippen molar-refractivity contribution in [2.24, 2.45) is 0 Å². The zero-order chi connectivity index (χ0) is 14.5. The highest BCUT2D eigenvalue weighted by atomic mass is 19.1. The van der Waals surface area contributed by atoms with Gasteiger partial charge in [0.2, 0.25) is 0 Å². The molecule has 5 heteroatoms. The molecular weight excluding hydrogens is 257 g/mol. The summed E-state index contributed by atoms with van der Waals surface area (Å²) < 4.78 is 13.1. The van der Waals surface area contributed by atoms with E-state index < -0.39 is 0 Å². The van der Waals surface area contributed by atoms with E-state index in [0.29, 0.717) is 16.8 Å². The zero-order valence-electron chi connectivity index (χ0n) is 11.4. The number of pyridine rings is 1. The molecule has 0 unspecified atom stereocenters. The Hall–Kier alpha value is -2.43. The number of rotatable bonds is 4. The third kappa shape index (κ3) is 3.32. The highest BCUT2D eigenvalue weighted by Gasteiger charge is 2.07. The highest BCUT2D eigenvalue weighted by Crippen LogP contribution is 2.15. The van der Waals surface area contributed by atoms with Crippen LogP contribution in [0.25, 0.3) is 0 Å². The highest BCUT2D eigenvalue weighted by molar-refractivity contribution is 6.04. The molecule has 1 aromatic carbocycles. The van der Waals surface area contributed by atoms with Gasteiger partial charge in [-0.05, 0) is 49.7 Å². The quantitative estimate of drug-likeness (QED) is 0.899. The van der Waals surface area contributed by atoms with E-state index >= 15 is 0 Å². The Bertz CT molecular complexity index is 611. The number of hydrogen-bond acceptors (Lipinski definition) is 3. The molecule has 4 nitrogen and oxygen atoms in total. The van der Waals surface area contributed by atoms with Gasteiger partial charge in [0.15, 0.2) is 0 Å². The zero-order valence-corrected chi connectivity index (χ0v) is 11.4. The van der Waals surface area contributed by atoms with Crippen LogP contribution in [0.2, 0.25) is 0 Å². The summed E-state index contributed by atoms with van der Waals surface area (Å²) in [6.07, 6.45) is 1.50. The van der Waals surface area contributed by atoms with E-state index in [1.807, 2.05) is 6.92 Å². The van der Waals surface area contributed by atoms with Gasteiger partial charge >= 0.3 is 0 Å². The predicted octanol–water partition coefficient (Wildman–Crippen LogP) is 3.21. The first-order valence-corrected chi connectivity index (χ1v) is 6.37. The molecule has 0 bridgehead atoms. The molecule has 104 valence electrons. The number of halogens is 1. The lowest BCUT2D eigenvalue weighted by atomic mass is 10.2. The molecular formula is C15H16FN3O. The molecule has 0 radical (unpaired) electrons. The summed E-state index contributed by atoms with van der Waals surface area (Å²) >= 11 is 0. The van der Waals surface area contributed by atoms with Crippen molar-refractivity contribution in [1.29, 1.82) is 0 Å². The lowest BCUT2D eigenvalue weighted by Gasteiger charge is -2.07. The van der Waals surface area contributed by atoms with Crippen molar-refractivity contribution in [3.05, 3.63) is 53.5 Å². The van der Waals surface area contributed by atoms with Gasteiger partial charge in [-0.25, -0.2) is 9.37 Å². The Morgan fingerprint density at radius 3 is 2.70 bits per heavy atom. The fraction of sp³-hybridized carbons (Fsp3) is 0.200. The Morgan fingerprint density at radius 1 is 1.30 bits per heavy atom. The van der Waals surface area contributed by atoms with Crippen molar-refractivity contribution in [2.75, 3.05) is 17.2 Å². The number of hydrogen-bond donors (Lipinski definition) is 2. The van der Waals surface area contributed by atoms with E-state index in [4.69, 9.17) is 0 Å². The molecule has 0 saturated carbocycles. The number of nitrogens with one attached hydrogen (secondary N) is 2. The van der Waals surface area contributed by atoms with Crippen LogP contribution in [0.5, 0.6) is 0 Å². The number of carbonyl (C=O) groups excluding carboxylic acids is 1. The largest absolute Gasteiger partial charge is 0.370 e. The number of amides is 1. The van der Waals surface area contributed by atoms with Gasteiger partial charge in [-0.1, -0.05) is 0 Å². The molecule has 0 fully saturated rings. The van der Waals surface area contributed by atoms with Crippen LogP contribution in [-0.2, 0) is 0 Å². The van der Waals surface area contributed by atoms with Crippen LogP contribution in [0.15, 0.2) is 36.5 Å². The van der Waals surface area contributed by atoms with Crippen LogP contribution in [0.4, 0.5) is 15.9 Å². The normalized spacial score (nSPS) is 10.2. The molecule has 2 aromatic rings. The number of aromatic nitrogens is 1. The second-order valence-corrected chi connectivity index (χ2v) is 4.38. The lowest BCUT2D eigenvalue weighted by molar-refractivity contribution is 0.102. The molecule has 0 aliphatic carbocycles. The average Bonchev–Trinajstić information content (AvgIpc) is 2.44. The molecule has 0 spiro atoms. The first kappa shape index (κ1) is 14.0. The summed E-state index contributed by atoms with van der Waals surface area (Å²) in [4.78, 5) is 16.1. The maximum atomic E-state index is 13.1. The van der Waals surface area contributed by atoms with Gasteiger partial charge < -0.3 is 10.6 Å². The van der Waals surface area contributed by atoms with Gasteiger partial charge in [0.25, 0.3) is 5.91 Å². The molecule has 1 heterocycles. The summed E-state index contributed by atoms with van der Waals surface area (Å²) in [6.45, 7) is 4.39. The van der Waals surface area contributed by atoms with Gasteiger partial charge in [0.1, 0.15) is 11.6 Å². The van der Waals surface area contributed by atoms with Crippen molar-refractivity contribution < 1.29 is 9.18 Å². The van der Waals surface area contributed by atoms with E-state index in [1.165, 1.54) is 18.3 Å². The summed E-state index contributed by atoms with van der Waals surface area (Å²) in [6, 6.07) is 7.89. The molecule has 1 aromatic heterocycles. The van der Waals surface area contributed by atoms with Gasteiger partial charge in [-0.2, -0.15) is 0 Å². The number of carbonyl (C=O) groups is 1.